The molecule has 0 saturated carbocycles. The summed E-state index contributed by atoms with van der Waals surface area (Å²) in [6.07, 6.45) is 11.0. The van der Waals surface area contributed by atoms with Crippen LogP contribution in [-0.2, 0) is 0 Å². The van der Waals surface area contributed by atoms with Gasteiger partial charge < -0.3 is 4.90 Å². The van der Waals surface area contributed by atoms with Crippen molar-refractivity contribution in [2.24, 2.45) is 5.92 Å². The van der Waals surface area contributed by atoms with E-state index in [1.807, 2.05) is 0 Å². The van der Waals surface area contributed by atoms with Gasteiger partial charge in [-0.2, -0.15) is 0 Å². The summed E-state index contributed by atoms with van der Waals surface area (Å²) in [5.74, 6) is 0.880. The molecule has 0 bridgehead atoms. The Bertz CT molecular complexity index is 196. The van der Waals surface area contributed by atoms with Gasteiger partial charge in [-0.15, -0.1) is 0 Å². The number of hydrogen-bond acceptors (Lipinski definition) is 1. The summed E-state index contributed by atoms with van der Waals surface area (Å²) in [7, 11) is 0. The van der Waals surface area contributed by atoms with Gasteiger partial charge in [-0.25, -0.2) is 4.39 Å². The number of unbranched alkanes of at least 4 members (excludes halogenated alkanes) is 3. The van der Waals surface area contributed by atoms with Crippen molar-refractivity contribution in [3.05, 3.63) is 0 Å². The summed E-state index contributed by atoms with van der Waals surface area (Å²) in [6.45, 7) is 7.35. The number of nitrogens with zero attached hydrogens (tertiary/aromatic N) is 1. The lowest BCUT2D eigenvalue weighted by molar-refractivity contribution is 0.259. The van der Waals surface area contributed by atoms with Gasteiger partial charge in [0.15, 0.2) is 0 Å². The summed E-state index contributed by atoms with van der Waals surface area (Å²) >= 11 is 0. The van der Waals surface area contributed by atoms with Gasteiger partial charge in [-0.3, -0.25) is 0 Å². The molecule has 0 amide bonds. The average molecular weight is 257 g/mol. The van der Waals surface area contributed by atoms with E-state index < -0.39 is 6.17 Å². The lowest BCUT2D eigenvalue weighted by atomic mass is 9.93. The van der Waals surface area contributed by atoms with Crippen molar-refractivity contribution in [3.8, 4) is 0 Å². The fourth-order valence-electron chi connectivity index (χ4n) is 3.05. The Morgan fingerprint density at radius 1 is 1.06 bits per heavy atom. The van der Waals surface area contributed by atoms with E-state index >= 15 is 0 Å². The number of hydrogen-bond donors (Lipinski definition) is 0. The van der Waals surface area contributed by atoms with E-state index in [1.54, 1.807) is 0 Å². The van der Waals surface area contributed by atoms with Crippen molar-refractivity contribution in [1.82, 2.24) is 4.90 Å². The Morgan fingerprint density at radius 2 is 1.89 bits per heavy atom. The lowest BCUT2D eigenvalue weighted by Crippen LogP contribution is -2.24. The number of halogens is 1. The van der Waals surface area contributed by atoms with Gasteiger partial charge in [0.1, 0.15) is 6.17 Å². The van der Waals surface area contributed by atoms with Crippen molar-refractivity contribution >= 4 is 0 Å². The third-order valence-electron chi connectivity index (χ3n) is 4.23. The second kappa shape index (κ2) is 9.77. The van der Waals surface area contributed by atoms with Crippen molar-refractivity contribution < 1.29 is 4.39 Å². The molecule has 1 unspecified atom stereocenters. The fraction of sp³-hybridized carbons (Fsp3) is 1.00. The highest BCUT2D eigenvalue weighted by Gasteiger charge is 2.21. The van der Waals surface area contributed by atoms with Crippen molar-refractivity contribution in [2.45, 2.75) is 77.8 Å². The molecule has 1 aliphatic heterocycles. The van der Waals surface area contributed by atoms with Crippen LogP contribution in [0.5, 0.6) is 0 Å². The lowest BCUT2D eigenvalue weighted by Gasteiger charge is -2.20. The fourth-order valence-corrected chi connectivity index (χ4v) is 3.05. The molecule has 0 aromatic carbocycles. The highest BCUT2D eigenvalue weighted by Crippen LogP contribution is 2.21. The second-order valence-electron chi connectivity index (χ2n) is 5.98. The third kappa shape index (κ3) is 6.72. The molecule has 1 saturated heterocycles. The minimum atomic E-state index is -0.556. The molecule has 0 spiro atoms. The monoisotopic (exact) mass is 257 g/mol. The molecule has 1 nitrogen and oxygen atoms in total. The maximum Gasteiger partial charge on any atom is 0.114 e. The molecule has 1 aliphatic rings. The van der Waals surface area contributed by atoms with Crippen LogP contribution in [0.1, 0.15) is 71.6 Å². The van der Waals surface area contributed by atoms with Crippen molar-refractivity contribution in [3.63, 3.8) is 0 Å². The zero-order valence-electron chi connectivity index (χ0n) is 12.5. The van der Waals surface area contributed by atoms with Gasteiger partial charge in [0.2, 0.25) is 0 Å². The topological polar surface area (TPSA) is 3.24 Å². The first kappa shape index (κ1) is 15.9. The van der Waals surface area contributed by atoms with Gasteiger partial charge >= 0.3 is 0 Å². The maximum absolute atomic E-state index is 13.1. The van der Waals surface area contributed by atoms with E-state index in [4.69, 9.17) is 0 Å². The zero-order valence-corrected chi connectivity index (χ0v) is 12.5. The van der Waals surface area contributed by atoms with E-state index in [9.17, 15) is 4.39 Å². The van der Waals surface area contributed by atoms with E-state index in [1.165, 1.54) is 51.4 Å². The molecule has 108 valence electrons. The van der Waals surface area contributed by atoms with Gasteiger partial charge in [0.05, 0.1) is 0 Å². The highest BCUT2D eigenvalue weighted by molar-refractivity contribution is 4.75. The van der Waals surface area contributed by atoms with Crippen LogP contribution in [0.3, 0.4) is 0 Å². The highest BCUT2D eigenvalue weighted by atomic mass is 19.1. The predicted molar refractivity (Wildman–Crippen MR) is 77.7 cm³/mol. The standard InChI is InChI=1S/C16H32FN/c1-3-5-6-7-9-15(8-4-2)10-12-18-13-11-16(17)14-18/h15-16H,3-14H2,1-2H3/t15?,16-/m1/s1. The zero-order chi connectivity index (χ0) is 13.2. The summed E-state index contributed by atoms with van der Waals surface area (Å²) in [5, 5.41) is 0. The van der Waals surface area contributed by atoms with Gasteiger partial charge in [-0.1, -0.05) is 58.8 Å². The molecule has 18 heavy (non-hydrogen) atoms. The van der Waals surface area contributed by atoms with Gasteiger partial charge in [0, 0.05) is 13.1 Å². The molecule has 0 radical (unpaired) electrons. The number of alkyl halides is 1. The molecule has 0 N–H and O–H groups in total. The minimum Gasteiger partial charge on any atom is -0.300 e. The van der Waals surface area contributed by atoms with Gasteiger partial charge in [-0.05, 0) is 25.3 Å². The quantitative estimate of drug-likeness (QED) is 0.508. The molecular formula is C16H32FN. The molecule has 0 aromatic heterocycles. The molecule has 1 fully saturated rings. The number of likely N-dealkylation sites (tertiary alicyclic amines) is 1. The van der Waals surface area contributed by atoms with Crippen LogP contribution in [0.4, 0.5) is 4.39 Å². The van der Waals surface area contributed by atoms with Crippen LogP contribution in [0.25, 0.3) is 0 Å². The normalized spacial score (nSPS) is 22.5. The largest absolute Gasteiger partial charge is 0.300 e. The van der Waals surface area contributed by atoms with Crippen LogP contribution in [-0.4, -0.2) is 30.7 Å². The minimum absolute atomic E-state index is 0.556. The maximum atomic E-state index is 13.1. The first-order chi connectivity index (χ1) is 8.76. The SMILES string of the molecule is CCCCCCC(CCC)CCN1CC[C@@H](F)C1. The van der Waals surface area contributed by atoms with Crippen molar-refractivity contribution in [1.29, 1.82) is 0 Å². The first-order valence-corrected chi connectivity index (χ1v) is 8.12. The first-order valence-electron chi connectivity index (χ1n) is 8.12. The smallest absolute Gasteiger partial charge is 0.114 e. The molecule has 1 rings (SSSR count). The Balaban J connectivity index is 2.12. The molecule has 0 aliphatic carbocycles. The van der Waals surface area contributed by atoms with E-state index in [2.05, 4.69) is 18.7 Å². The summed E-state index contributed by atoms with van der Waals surface area (Å²) in [6, 6.07) is 0. The Labute approximate surface area is 113 Å². The van der Waals surface area contributed by atoms with Crippen LogP contribution in [0.2, 0.25) is 0 Å². The number of rotatable bonds is 10. The Kier molecular flexibility index (Phi) is 8.66. The molecule has 2 heteroatoms. The van der Waals surface area contributed by atoms with Crippen LogP contribution >= 0.6 is 0 Å². The van der Waals surface area contributed by atoms with Crippen LogP contribution in [0, 0.1) is 5.92 Å². The van der Waals surface area contributed by atoms with Crippen molar-refractivity contribution in [2.75, 3.05) is 19.6 Å². The second-order valence-corrected chi connectivity index (χ2v) is 5.98. The van der Waals surface area contributed by atoms with E-state index in [0.29, 0.717) is 6.54 Å². The molecule has 2 atom stereocenters. The van der Waals surface area contributed by atoms with Crippen LogP contribution in [0.15, 0.2) is 0 Å². The molecule has 0 aromatic rings. The average Bonchev–Trinajstić information content (AvgIpc) is 2.77. The summed E-state index contributed by atoms with van der Waals surface area (Å²) in [5.41, 5.74) is 0. The predicted octanol–water partition coefficient (Wildman–Crippen LogP) is 4.81. The van der Waals surface area contributed by atoms with E-state index in [0.717, 1.165) is 25.4 Å². The summed E-state index contributed by atoms with van der Waals surface area (Å²) < 4.78 is 13.1. The summed E-state index contributed by atoms with van der Waals surface area (Å²) in [4.78, 5) is 2.32. The molecule has 1 heterocycles. The Morgan fingerprint density at radius 3 is 2.50 bits per heavy atom. The van der Waals surface area contributed by atoms with E-state index in [-0.39, 0.29) is 0 Å². The van der Waals surface area contributed by atoms with Gasteiger partial charge in [0.25, 0.3) is 0 Å². The third-order valence-corrected chi connectivity index (χ3v) is 4.23. The Hall–Kier alpha value is -0.110. The molecular weight excluding hydrogens is 225 g/mol. The van der Waals surface area contributed by atoms with Crippen LogP contribution < -0.4 is 0 Å².